The maximum absolute atomic E-state index is 13.2. The second kappa shape index (κ2) is 8.74. The number of fused-ring (bicyclic) bond motifs is 1. The van der Waals surface area contributed by atoms with Gasteiger partial charge < -0.3 is 9.47 Å². The molecule has 1 saturated heterocycles. The van der Waals surface area contributed by atoms with Crippen LogP contribution in [0.2, 0.25) is 0 Å². The minimum absolute atomic E-state index is 0.0776. The van der Waals surface area contributed by atoms with Crippen LogP contribution in [0.15, 0.2) is 36.7 Å². The second-order valence-corrected chi connectivity index (χ2v) is 8.97. The quantitative estimate of drug-likeness (QED) is 0.428. The van der Waals surface area contributed by atoms with Crippen molar-refractivity contribution in [2.24, 2.45) is 5.92 Å². The lowest BCUT2D eigenvalue weighted by Gasteiger charge is -2.20. The molecule has 0 N–H and O–H groups in total. The third-order valence-electron chi connectivity index (χ3n) is 6.69. The standard InChI is InChI=1S/C25H27F2N3O3/c1-29-8-3-4-18(29)16-7-9-30-19(14-28-23(30)13-16)17-11-21(32-2)24(20(31)10-15-5-6-15)22(12-17)33-25(26)27/h7,9,11-15,18,25H,3-6,8,10H2,1-2H3. The minimum atomic E-state index is -3.05. The number of carbonyl (C=O) groups is 1. The Morgan fingerprint density at radius 2 is 2.00 bits per heavy atom. The van der Waals surface area contributed by atoms with Crippen molar-refractivity contribution in [3.63, 3.8) is 0 Å². The summed E-state index contributed by atoms with van der Waals surface area (Å²) < 4.78 is 38.6. The molecular formula is C25H27F2N3O3. The Morgan fingerprint density at radius 1 is 1.21 bits per heavy atom. The first-order chi connectivity index (χ1) is 15.9. The van der Waals surface area contributed by atoms with E-state index in [0.717, 1.165) is 31.5 Å². The van der Waals surface area contributed by atoms with Gasteiger partial charge in [0, 0.05) is 24.2 Å². The van der Waals surface area contributed by atoms with Crippen LogP contribution in [0, 0.1) is 5.92 Å². The minimum Gasteiger partial charge on any atom is -0.496 e. The second-order valence-electron chi connectivity index (χ2n) is 8.97. The zero-order valence-electron chi connectivity index (χ0n) is 18.8. The summed E-state index contributed by atoms with van der Waals surface area (Å²) in [6.45, 7) is -1.97. The van der Waals surface area contributed by atoms with Crippen molar-refractivity contribution in [3.8, 4) is 22.8 Å². The molecule has 2 fully saturated rings. The van der Waals surface area contributed by atoms with Gasteiger partial charge in [-0.25, -0.2) is 4.98 Å². The van der Waals surface area contributed by atoms with Crippen LogP contribution in [-0.4, -0.2) is 47.4 Å². The Labute approximate surface area is 191 Å². The van der Waals surface area contributed by atoms with E-state index in [0.29, 0.717) is 29.6 Å². The molecule has 1 atom stereocenters. The van der Waals surface area contributed by atoms with Gasteiger partial charge in [-0.1, -0.05) is 0 Å². The zero-order valence-corrected chi connectivity index (χ0v) is 18.8. The van der Waals surface area contributed by atoms with Crippen molar-refractivity contribution in [1.82, 2.24) is 14.3 Å². The number of likely N-dealkylation sites (tertiary alicyclic amines) is 1. The fourth-order valence-corrected chi connectivity index (χ4v) is 4.80. The highest BCUT2D eigenvalue weighted by Crippen LogP contribution is 2.40. The van der Waals surface area contributed by atoms with Crippen molar-refractivity contribution in [3.05, 3.63) is 47.8 Å². The van der Waals surface area contributed by atoms with Gasteiger partial charge in [-0.3, -0.25) is 14.1 Å². The number of pyridine rings is 1. The summed E-state index contributed by atoms with van der Waals surface area (Å²) in [6.07, 6.45) is 8.21. The van der Waals surface area contributed by atoms with Crippen LogP contribution in [0.25, 0.3) is 16.9 Å². The molecule has 1 saturated carbocycles. The van der Waals surface area contributed by atoms with E-state index in [-0.39, 0.29) is 22.8 Å². The van der Waals surface area contributed by atoms with E-state index in [2.05, 4.69) is 29.1 Å². The van der Waals surface area contributed by atoms with Gasteiger partial charge in [0.15, 0.2) is 5.78 Å². The van der Waals surface area contributed by atoms with Gasteiger partial charge in [0.2, 0.25) is 0 Å². The van der Waals surface area contributed by atoms with E-state index >= 15 is 0 Å². The van der Waals surface area contributed by atoms with E-state index in [1.807, 2.05) is 10.6 Å². The summed E-state index contributed by atoms with van der Waals surface area (Å²) in [5.41, 5.74) is 3.35. The molecule has 0 radical (unpaired) electrons. The lowest BCUT2D eigenvalue weighted by molar-refractivity contribution is -0.0502. The molecule has 5 rings (SSSR count). The van der Waals surface area contributed by atoms with Gasteiger partial charge >= 0.3 is 6.61 Å². The highest BCUT2D eigenvalue weighted by Gasteiger charge is 2.30. The number of carbonyl (C=O) groups excluding carboxylic acids is 1. The van der Waals surface area contributed by atoms with Crippen LogP contribution >= 0.6 is 0 Å². The molecule has 3 heterocycles. The van der Waals surface area contributed by atoms with E-state index in [1.54, 1.807) is 12.3 Å². The molecule has 33 heavy (non-hydrogen) atoms. The summed E-state index contributed by atoms with van der Waals surface area (Å²) >= 11 is 0. The van der Waals surface area contributed by atoms with Crippen LogP contribution in [0.5, 0.6) is 11.5 Å². The monoisotopic (exact) mass is 455 g/mol. The van der Waals surface area contributed by atoms with Crippen LogP contribution in [-0.2, 0) is 0 Å². The molecule has 0 amide bonds. The summed E-state index contributed by atoms with van der Waals surface area (Å²) in [5.74, 6) is 0.144. The number of methoxy groups -OCH3 is 1. The Bertz CT molecular complexity index is 1190. The van der Waals surface area contributed by atoms with Crippen molar-refractivity contribution in [2.45, 2.75) is 44.8 Å². The molecule has 2 aromatic heterocycles. The Morgan fingerprint density at radius 3 is 2.67 bits per heavy atom. The Hall–Kier alpha value is -3.00. The van der Waals surface area contributed by atoms with Gasteiger partial charge in [0.25, 0.3) is 0 Å². The predicted octanol–water partition coefficient (Wildman–Crippen LogP) is 5.36. The molecular weight excluding hydrogens is 428 g/mol. The van der Waals surface area contributed by atoms with Gasteiger partial charge in [0.1, 0.15) is 22.7 Å². The summed E-state index contributed by atoms with van der Waals surface area (Å²) in [4.78, 5) is 19.7. The van der Waals surface area contributed by atoms with E-state index in [1.165, 1.54) is 25.2 Å². The third-order valence-corrected chi connectivity index (χ3v) is 6.69. The number of nitrogens with zero attached hydrogens (tertiary/aromatic N) is 3. The lowest BCUT2D eigenvalue weighted by atomic mass is 10.00. The fraction of sp³-hybridized carbons (Fsp3) is 0.440. The number of hydrogen-bond acceptors (Lipinski definition) is 5. The molecule has 3 aromatic rings. The molecule has 174 valence electrons. The number of ether oxygens (including phenoxy) is 2. The van der Waals surface area contributed by atoms with Crippen LogP contribution in [0.3, 0.4) is 0 Å². The highest BCUT2D eigenvalue weighted by atomic mass is 19.3. The number of hydrogen-bond donors (Lipinski definition) is 0. The first-order valence-electron chi connectivity index (χ1n) is 11.3. The maximum atomic E-state index is 13.2. The zero-order chi connectivity index (χ0) is 23.1. The SMILES string of the molecule is COc1cc(-c2cnc3cc(C4CCCN4C)ccn23)cc(OC(F)F)c1C(=O)CC1CC1. The van der Waals surface area contributed by atoms with Crippen LogP contribution in [0.4, 0.5) is 8.78 Å². The Kier molecular flexibility index (Phi) is 5.78. The number of imidazole rings is 1. The van der Waals surface area contributed by atoms with E-state index in [9.17, 15) is 13.6 Å². The van der Waals surface area contributed by atoms with E-state index in [4.69, 9.17) is 9.47 Å². The van der Waals surface area contributed by atoms with Gasteiger partial charge in [-0.2, -0.15) is 8.78 Å². The Balaban J connectivity index is 1.56. The molecule has 6 nitrogen and oxygen atoms in total. The van der Waals surface area contributed by atoms with Crippen molar-refractivity contribution in [2.75, 3.05) is 20.7 Å². The smallest absolute Gasteiger partial charge is 0.387 e. The molecule has 0 bridgehead atoms. The molecule has 0 spiro atoms. The lowest BCUT2D eigenvalue weighted by Crippen LogP contribution is -2.17. The molecule has 1 unspecified atom stereocenters. The average molecular weight is 456 g/mol. The first-order valence-corrected chi connectivity index (χ1v) is 11.3. The number of rotatable bonds is 8. The number of ketones is 1. The molecule has 1 aliphatic carbocycles. The van der Waals surface area contributed by atoms with Crippen molar-refractivity contribution in [1.29, 1.82) is 0 Å². The van der Waals surface area contributed by atoms with Crippen molar-refractivity contribution < 1.29 is 23.0 Å². The molecule has 2 aliphatic rings. The van der Waals surface area contributed by atoms with Crippen LogP contribution < -0.4 is 9.47 Å². The number of halogens is 2. The fourth-order valence-electron chi connectivity index (χ4n) is 4.80. The summed E-state index contributed by atoms with van der Waals surface area (Å²) in [5, 5.41) is 0. The van der Waals surface area contributed by atoms with Gasteiger partial charge in [-0.15, -0.1) is 0 Å². The number of alkyl halides is 2. The maximum Gasteiger partial charge on any atom is 0.387 e. The van der Waals surface area contributed by atoms with Crippen LogP contribution in [0.1, 0.15) is 54.1 Å². The van der Waals surface area contributed by atoms with E-state index < -0.39 is 6.61 Å². The molecule has 1 aliphatic heterocycles. The number of benzene rings is 1. The topological polar surface area (TPSA) is 56.1 Å². The normalized spacial score (nSPS) is 18.9. The molecule has 8 heteroatoms. The largest absolute Gasteiger partial charge is 0.496 e. The van der Waals surface area contributed by atoms with Gasteiger partial charge in [-0.05, 0) is 75.0 Å². The summed E-state index contributed by atoms with van der Waals surface area (Å²) in [6, 6.07) is 7.69. The van der Waals surface area contributed by atoms with Crippen molar-refractivity contribution >= 4 is 11.4 Å². The van der Waals surface area contributed by atoms with Gasteiger partial charge in [0.05, 0.1) is 19.0 Å². The molecule has 1 aromatic carbocycles. The predicted molar refractivity (Wildman–Crippen MR) is 120 cm³/mol. The number of Topliss-reactive ketones (excluding diaryl/α,β-unsaturated/α-hetero) is 1. The first kappa shape index (κ1) is 21.8. The average Bonchev–Trinajstić information content (AvgIpc) is 3.33. The summed E-state index contributed by atoms with van der Waals surface area (Å²) in [7, 11) is 3.56. The highest BCUT2D eigenvalue weighted by molar-refractivity contribution is 6.02. The number of aromatic nitrogens is 2. The third kappa shape index (κ3) is 4.31.